The first kappa shape index (κ1) is 14.1. The molecular formula is C18H14O4. The second kappa shape index (κ2) is 5.48. The van der Waals surface area contributed by atoms with Gasteiger partial charge in [-0.15, -0.1) is 0 Å². The molecule has 4 heteroatoms. The quantitative estimate of drug-likeness (QED) is 0.544. The molecule has 0 amide bonds. The minimum atomic E-state index is 0.493. The van der Waals surface area contributed by atoms with Gasteiger partial charge in [0.15, 0.2) is 12.6 Å². The zero-order chi connectivity index (χ0) is 15.7. The molecule has 4 nitrogen and oxygen atoms in total. The maximum Gasteiger partial charge on any atom is 0.151 e. The Balaban J connectivity index is 2.72. The number of carbonyl (C=O) groups is 2. The van der Waals surface area contributed by atoms with Crippen LogP contribution in [-0.2, 0) is 0 Å². The molecule has 3 aromatic rings. The van der Waals surface area contributed by atoms with Crippen LogP contribution in [0.2, 0.25) is 0 Å². The summed E-state index contributed by atoms with van der Waals surface area (Å²) in [5.41, 5.74) is 0.985. The van der Waals surface area contributed by atoms with E-state index in [4.69, 9.17) is 9.47 Å². The summed E-state index contributed by atoms with van der Waals surface area (Å²) in [4.78, 5) is 23.4. The fourth-order valence-corrected chi connectivity index (χ4v) is 2.91. The molecule has 0 aliphatic rings. The second-order valence-corrected chi connectivity index (χ2v) is 4.83. The molecule has 0 bridgehead atoms. The fraction of sp³-hybridized carbons (Fsp3) is 0.111. The molecule has 22 heavy (non-hydrogen) atoms. The summed E-state index contributed by atoms with van der Waals surface area (Å²) in [6.07, 6.45) is 1.59. The normalized spacial score (nSPS) is 10.6. The van der Waals surface area contributed by atoms with Crippen LogP contribution in [0.3, 0.4) is 0 Å². The molecule has 110 valence electrons. The molecule has 0 spiro atoms. The average molecular weight is 294 g/mol. The van der Waals surface area contributed by atoms with E-state index in [2.05, 4.69) is 0 Å². The van der Waals surface area contributed by atoms with E-state index in [-0.39, 0.29) is 0 Å². The zero-order valence-corrected chi connectivity index (χ0v) is 12.3. The van der Waals surface area contributed by atoms with Crippen LogP contribution in [0.5, 0.6) is 11.5 Å². The monoisotopic (exact) mass is 294 g/mol. The SMILES string of the molecule is COc1ccc(OC)c2c(C=O)c3ccccc3c(C=O)c12. The van der Waals surface area contributed by atoms with Gasteiger partial charge in [-0.2, -0.15) is 0 Å². The van der Waals surface area contributed by atoms with E-state index in [1.54, 1.807) is 12.1 Å². The number of aldehydes is 2. The first-order chi connectivity index (χ1) is 10.8. The summed E-state index contributed by atoms with van der Waals surface area (Å²) in [6.45, 7) is 0. The van der Waals surface area contributed by atoms with Crippen molar-refractivity contribution in [2.45, 2.75) is 0 Å². The van der Waals surface area contributed by atoms with Crippen molar-refractivity contribution in [3.8, 4) is 11.5 Å². The molecule has 0 N–H and O–H groups in total. The number of ether oxygens (including phenoxy) is 2. The third kappa shape index (κ3) is 1.84. The maximum atomic E-state index is 11.7. The van der Waals surface area contributed by atoms with Crippen LogP contribution in [-0.4, -0.2) is 26.8 Å². The number of hydrogen-bond acceptors (Lipinski definition) is 4. The van der Waals surface area contributed by atoms with Gasteiger partial charge < -0.3 is 9.47 Å². The van der Waals surface area contributed by atoms with Crippen molar-refractivity contribution in [3.05, 3.63) is 47.5 Å². The highest BCUT2D eigenvalue weighted by Gasteiger charge is 2.19. The van der Waals surface area contributed by atoms with Gasteiger partial charge in [0, 0.05) is 21.9 Å². The third-order valence-corrected chi connectivity index (χ3v) is 3.85. The minimum absolute atomic E-state index is 0.493. The Morgan fingerprint density at radius 2 is 1.14 bits per heavy atom. The molecule has 0 atom stereocenters. The van der Waals surface area contributed by atoms with Crippen molar-refractivity contribution in [1.82, 2.24) is 0 Å². The summed E-state index contributed by atoms with van der Waals surface area (Å²) in [5, 5.41) is 2.63. The lowest BCUT2D eigenvalue weighted by atomic mass is 9.91. The maximum absolute atomic E-state index is 11.7. The predicted octanol–water partition coefficient (Wildman–Crippen LogP) is 3.64. The van der Waals surface area contributed by atoms with E-state index in [1.807, 2.05) is 24.3 Å². The van der Waals surface area contributed by atoms with Gasteiger partial charge in [-0.05, 0) is 22.9 Å². The van der Waals surface area contributed by atoms with Gasteiger partial charge in [-0.1, -0.05) is 24.3 Å². The molecular weight excluding hydrogens is 280 g/mol. The first-order valence-corrected chi connectivity index (χ1v) is 6.76. The molecule has 0 heterocycles. The Morgan fingerprint density at radius 3 is 1.45 bits per heavy atom. The van der Waals surface area contributed by atoms with Gasteiger partial charge in [-0.25, -0.2) is 0 Å². The Hall–Kier alpha value is -2.88. The van der Waals surface area contributed by atoms with Gasteiger partial charge >= 0.3 is 0 Å². The molecule has 0 unspecified atom stereocenters. The van der Waals surface area contributed by atoms with Gasteiger partial charge in [-0.3, -0.25) is 9.59 Å². The molecule has 0 aliphatic heterocycles. The van der Waals surface area contributed by atoms with Gasteiger partial charge in [0.2, 0.25) is 0 Å². The number of rotatable bonds is 4. The number of benzene rings is 3. The van der Waals surface area contributed by atoms with E-state index < -0.39 is 0 Å². The van der Waals surface area contributed by atoms with Crippen LogP contribution in [0.1, 0.15) is 20.7 Å². The third-order valence-electron chi connectivity index (χ3n) is 3.85. The highest BCUT2D eigenvalue weighted by atomic mass is 16.5. The van der Waals surface area contributed by atoms with Crippen molar-refractivity contribution in [2.24, 2.45) is 0 Å². The van der Waals surface area contributed by atoms with Crippen LogP contribution < -0.4 is 9.47 Å². The van der Waals surface area contributed by atoms with Gasteiger partial charge in [0.25, 0.3) is 0 Å². The highest BCUT2D eigenvalue weighted by molar-refractivity contribution is 6.22. The summed E-state index contributed by atoms with van der Waals surface area (Å²) in [5.74, 6) is 1.07. The van der Waals surface area contributed by atoms with E-state index in [0.717, 1.165) is 23.3 Å². The van der Waals surface area contributed by atoms with Crippen molar-refractivity contribution < 1.29 is 19.1 Å². The lowest BCUT2D eigenvalue weighted by molar-refractivity contribution is 0.111. The Labute approximate surface area is 127 Å². The van der Waals surface area contributed by atoms with Crippen LogP contribution in [0.25, 0.3) is 21.5 Å². The summed E-state index contributed by atoms with van der Waals surface area (Å²) >= 11 is 0. The minimum Gasteiger partial charge on any atom is -0.496 e. The molecule has 0 aromatic heterocycles. The summed E-state index contributed by atoms with van der Waals surface area (Å²) in [6, 6.07) is 10.8. The summed E-state index contributed by atoms with van der Waals surface area (Å²) in [7, 11) is 3.07. The summed E-state index contributed by atoms with van der Waals surface area (Å²) < 4.78 is 10.8. The Kier molecular flexibility index (Phi) is 3.51. The van der Waals surface area contributed by atoms with Gasteiger partial charge in [0.1, 0.15) is 11.5 Å². The van der Waals surface area contributed by atoms with Crippen molar-refractivity contribution >= 4 is 34.1 Å². The molecule has 0 aliphatic carbocycles. The standard InChI is InChI=1S/C18H14O4/c1-21-15-7-8-16(22-2)18-14(10-20)12-6-4-3-5-11(12)13(9-19)17(15)18/h3-10H,1-2H3. The smallest absolute Gasteiger partial charge is 0.151 e. The average Bonchev–Trinajstić information content (AvgIpc) is 2.58. The zero-order valence-electron chi connectivity index (χ0n) is 12.3. The van der Waals surface area contributed by atoms with Crippen LogP contribution in [0, 0.1) is 0 Å². The molecule has 0 saturated heterocycles. The van der Waals surface area contributed by atoms with Crippen molar-refractivity contribution in [1.29, 1.82) is 0 Å². The number of methoxy groups -OCH3 is 2. The predicted molar refractivity (Wildman–Crippen MR) is 85.3 cm³/mol. The van der Waals surface area contributed by atoms with Crippen LogP contribution in [0.15, 0.2) is 36.4 Å². The number of fused-ring (bicyclic) bond motifs is 2. The van der Waals surface area contributed by atoms with E-state index in [0.29, 0.717) is 33.4 Å². The molecule has 0 fully saturated rings. The topological polar surface area (TPSA) is 52.6 Å². The van der Waals surface area contributed by atoms with Gasteiger partial charge in [0.05, 0.1) is 14.2 Å². The number of carbonyl (C=O) groups excluding carboxylic acids is 2. The largest absolute Gasteiger partial charge is 0.496 e. The Bertz CT molecular complexity index is 823. The molecule has 3 rings (SSSR count). The first-order valence-electron chi connectivity index (χ1n) is 6.76. The highest BCUT2D eigenvalue weighted by Crippen LogP contribution is 2.41. The van der Waals surface area contributed by atoms with Crippen molar-refractivity contribution in [2.75, 3.05) is 14.2 Å². The van der Waals surface area contributed by atoms with Crippen molar-refractivity contribution in [3.63, 3.8) is 0 Å². The lowest BCUT2D eigenvalue weighted by Crippen LogP contribution is -1.98. The number of hydrogen-bond donors (Lipinski definition) is 0. The fourth-order valence-electron chi connectivity index (χ4n) is 2.91. The van der Waals surface area contributed by atoms with E-state index in [1.165, 1.54) is 14.2 Å². The van der Waals surface area contributed by atoms with Crippen LogP contribution >= 0.6 is 0 Å². The lowest BCUT2D eigenvalue weighted by Gasteiger charge is -2.16. The molecule has 3 aromatic carbocycles. The Morgan fingerprint density at radius 1 is 0.727 bits per heavy atom. The van der Waals surface area contributed by atoms with E-state index >= 15 is 0 Å². The van der Waals surface area contributed by atoms with E-state index in [9.17, 15) is 9.59 Å². The molecule has 0 saturated carbocycles. The molecule has 0 radical (unpaired) electrons. The second-order valence-electron chi connectivity index (χ2n) is 4.83. The van der Waals surface area contributed by atoms with Crippen LogP contribution in [0.4, 0.5) is 0 Å².